The molecular formula is C37H34N4. The Morgan fingerprint density at radius 3 is 2.02 bits per heavy atom. The minimum absolute atomic E-state index is 0.177. The van der Waals surface area contributed by atoms with E-state index in [4.69, 9.17) is 15.0 Å². The van der Waals surface area contributed by atoms with Crippen LogP contribution in [0.5, 0.6) is 0 Å². The molecule has 2 heterocycles. The first kappa shape index (κ1) is 25.4. The summed E-state index contributed by atoms with van der Waals surface area (Å²) in [6.07, 6.45) is 9.96. The highest BCUT2D eigenvalue weighted by Crippen LogP contribution is 2.35. The third-order valence-corrected chi connectivity index (χ3v) is 8.77. The van der Waals surface area contributed by atoms with Gasteiger partial charge in [-0.15, -0.1) is 0 Å². The number of nitrogens with zero attached hydrogens (tertiary/aromatic N) is 4. The molecule has 0 aliphatic heterocycles. The molecule has 4 heteroatoms. The molecule has 4 nitrogen and oxygen atoms in total. The second kappa shape index (κ2) is 10.1. The number of rotatable bonds is 3. The van der Waals surface area contributed by atoms with Gasteiger partial charge in [0, 0.05) is 27.5 Å². The summed E-state index contributed by atoms with van der Waals surface area (Å²) < 4.78 is 2.33. The summed E-state index contributed by atoms with van der Waals surface area (Å²) >= 11 is 0. The maximum Gasteiger partial charge on any atom is 0.238 e. The summed E-state index contributed by atoms with van der Waals surface area (Å²) in [4.78, 5) is 15.2. The van der Waals surface area contributed by atoms with Crippen LogP contribution in [0.25, 0.3) is 40.9 Å². The second-order valence-corrected chi connectivity index (χ2v) is 11.6. The Kier molecular flexibility index (Phi) is 6.27. The van der Waals surface area contributed by atoms with E-state index < -0.39 is 0 Å². The zero-order valence-electron chi connectivity index (χ0n) is 23.8. The summed E-state index contributed by atoms with van der Waals surface area (Å²) in [6, 6.07) is 29.2. The van der Waals surface area contributed by atoms with Crippen molar-refractivity contribution in [3.63, 3.8) is 0 Å². The lowest BCUT2D eigenvalue weighted by atomic mass is 9.75. The van der Waals surface area contributed by atoms with E-state index in [9.17, 15) is 0 Å². The van der Waals surface area contributed by atoms with Crippen LogP contribution in [-0.4, -0.2) is 19.5 Å². The lowest BCUT2D eigenvalue weighted by Gasteiger charge is -2.28. The predicted octanol–water partition coefficient (Wildman–Crippen LogP) is 6.53. The number of benzene rings is 3. The highest BCUT2D eigenvalue weighted by Gasteiger charge is 2.28. The predicted molar refractivity (Wildman–Crippen MR) is 167 cm³/mol. The molecule has 3 aromatic carbocycles. The molecule has 0 fully saturated rings. The lowest BCUT2D eigenvalue weighted by molar-refractivity contribution is 0.641. The summed E-state index contributed by atoms with van der Waals surface area (Å²) in [6.45, 7) is 9.22. The van der Waals surface area contributed by atoms with Crippen LogP contribution in [0.2, 0.25) is 0 Å². The molecule has 2 aromatic heterocycles. The first-order valence-electron chi connectivity index (χ1n) is 14.6. The van der Waals surface area contributed by atoms with Crippen molar-refractivity contribution in [1.29, 1.82) is 0 Å². The van der Waals surface area contributed by atoms with Crippen LogP contribution in [0.3, 0.4) is 0 Å². The van der Waals surface area contributed by atoms with Gasteiger partial charge in [0.25, 0.3) is 0 Å². The van der Waals surface area contributed by atoms with Gasteiger partial charge >= 0.3 is 0 Å². The minimum atomic E-state index is -0.177. The van der Waals surface area contributed by atoms with Crippen molar-refractivity contribution in [3.05, 3.63) is 130 Å². The molecule has 0 N–H and O–H groups in total. The molecule has 0 bridgehead atoms. The van der Waals surface area contributed by atoms with Gasteiger partial charge in [0.05, 0.1) is 5.35 Å². The molecular weight excluding hydrogens is 500 g/mol. The molecule has 41 heavy (non-hydrogen) atoms. The zero-order valence-corrected chi connectivity index (χ0v) is 23.8. The van der Waals surface area contributed by atoms with Crippen molar-refractivity contribution in [2.75, 3.05) is 0 Å². The fourth-order valence-corrected chi connectivity index (χ4v) is 6.38. The van der Waals surface area contributed by atoms with Gasteiger partial charge in [-0.1, -0.05) is 111 Å². The molecule has 2 aliphatic carbocycles. The fraction of sp³-hybridized carbons (Fsp3) is 0.216. The van der Waals surface area contributed by atoms with E-state index in [1.54, 1.807) is 0 Å². The van der Waals surface area contributed by atoms with E-state index in [-0.39, 0.29) is 5.41 Å². The monoisotopic (exact) mass is 534 g/mol. The molecule has 202 valence electrons. The van der Waals surface area contributed by atoms with Crippen LogP contribution >= 0.6 is 0 Å². The highest BCUT2D eigenvalue weighted by molar-refractivity contribution is 5.63. The first-order chi connectivity index (χ1) is 20.0. The van der Waals surface area contributed by atoms with Crippen molar-refractivity contribution in [2.24, 2.45) is 0 Å². The van der Waals surface area contributed by atoms with Crippen molar-refractivity contribution in [2.45, 2.75) is 51.4 Å². The van der Waals surface area contributed by atoms with Crippen molar-refractivity contribution < 1.29 is 0 Å². The van der Waals surface area contributed by atoms with E-state index >= 15 is 0 Å². The van der Waals surface area contributed by atoms with Crippen LogP contribution in [0.4, 0.5) is 0 Å². The molecule has 5 aromatic rings. The Bertz CT molecular complexity index is 1840. The van der Waals surface area contributed by atoms with Gasteiger partial charge in [-0.05, 0) is 60.4 Å². The average molecular weight is 535 g/mol. The van der Waals surface area contributed by atoms with E-state index in [0.717, 1.165) is 47.7 Å². The molecule has 0 spiro atoms. The Hall–Kier alpha value is -4.57. The van der Waals surface area contributed by atoms with Gasteiger partial charge in [0.15, 0.2) is 11.6 Å². The van der Waals surface area contributed by atoms with Crippen LogP contribution in [0, 0.1) is 0 Å². The molecule has 0 radical (unpaired) electrons. The van der Waals surface area contributed by atoms with Crippen molar-refractivity contribution >= 4 is 12.2 Å². The Morgan fingerprint density at radius 2 is 1.34 bits per heavy atom. The molecule has 0 saturated carbocycles. The van der Waals surface area contributed by atoms with Crippen LogP contribution in [-0.2, 0) is 24.7 Å². The molecule has 0 amide bonds. The summed E-state index contributed by atoms with van der Waals surface area (Å²) in [7, 11) is 0. The average Bonchev–Trinajstić information content (AvgIpc) is 3.34. The van der Waals surface area contributed by atoms with E-state index in [1.165, 1.54) is 34.0 Å². The van der Waals surface area contributed by atoms with Crippen molar-refractivity contribution in [1.82, 2.24) is 19.5 Å². The first-order valence-corrected chi connectivity index (χ1v) is 14.6. The Morgan fingerprint density at radius 1 is 0.732 bits per heavy atom. The highest BCUT2D eigenvalue weighted by atomic mass is 15.2. The molecule has 0 unspecified atom stereocenters. The number of allylic oxidation sites excluding steroid dienone is 1. The van der Waals surface area contributed by atoms with Gasteiger partial charge in [0.1, 0.15) is 0 Å². The molecule has 0 atom stereocenters. The minimum Gasteiger partial charge on any atom is -0.282 e. The Balaban J connectivity index is 1.55. The topological polar surface area (TPSA) is 43.6 Å². The largest absolute Gasteiger partial charge is 0.282 e. The Labute approximate surface area is 241 Å². The second-order valence-electron chi connectivity index (χ2n) is 11.6. The van der Waals surface area contributed by atoms with Gasteiger partial charge in [-0.2, -0.15) is 9.97 Å². The summed E-state index contributed by atoms with van der Waals surface area (Å²) in [5.74, 6) is 2.05. The fourth-order valence-electron chi connectivity index (χ4n) is 6.38. The molecule has 2 aliphatic rings. The normalized spacial score (nSPS) is 17.4. The van der Waals surface area contributed by atoms with Crippen LogP contribution < -0.4 is 10.6 Å². The van der Waals surface area contributed by atoms with Crippen LogP contribution in [0.15, 0.2) is 97.1 Å². The maximum absolute atomic E-state index is 5.14. The standard InChI is InChI=1S/C37H34N4/c1-25-24-30-29-19-11-13-21-32(29)41(33(30)23-22-26-14-10-12-20-31(26)37(25,2)3)36-39-34(27-15-6-4-7-16-27)38-35(40-36)28-17-8-5-9-18-28/h4-10,12,14-18,20,23-24H,1,11,13,19,21-22H2,2-3H3/b30-24-,33-23+. The number of hydrogen-bond donors (Lipinski definition) is 0. The van der Waals surface area contributed by atoms with E-state index in [1.807, 2.05) is 36.4 Å². The number of hydrogen-bond acceptors (Lipinski definition) is 3. The number of aromatic nitrogens is 4. The van der Waals surface area contributed by atoms with Crippen molar-refractivity contribution in [3.8, 4) is 28.7 Å². The van der Waals surface area contributed by atoms with Gasteiger partial charge in [-0.3, -0.25) is 4.57 Å². The molecule has 0 saturated heterocycles. The summed E-state index contributed by atoms with van der Waals surface area (Å²) in [5.41, 5.74) is 8.30. The van der Waals surface area contributed by atoms with Gasteiger partial charge in [-0.25, -0.2) is 4.98 Å². The smallest absolute Gasteiger partial charge is 0.238 e. The zero-order chi connectivity index (χ0) is 28.0. The SMILES string of the molecule is C=C1/C=c2/c3c(n(-c4nc(-c5ccccc5)nc(-c5ccccc5)n4)/c2=C/Cc2ccccc2C1(C)C)CCCC3. The van der Waals surface area contributed by atoms with Gasteiger partial charge < -0.3 is 0 Å². The van der Waals surface area contributed by atoms with Gasteiger partial charge in [0.2, 0.25) is 5.95 Å². The molecule has 7 rings (SSSR count). The maximum atomic E-state index is 5.14. The summed E-state index contributed by atoms with van der Waals surface area (Å²) in [5, 5.41) is 2.43. The number of fused-ring (bicyclic) bond motifs is 4. The van der Waals surface area contributed by atoms with E-state index in [0.29, 0.717) is 17.6 Å². The van der Waals surface area contributed by atoms with Crippen LogP contribution in [0.1, 0.15) is 49.1 Å². The quantitative estimate of drug-likeness (QED) is 0.264. The third-order valence-electron chi connectivity index (χ3n) is 8.77. The lowest BCUT2D eigenvalue weighted by Crippen LogP contribution is -2.32. The van der Waals surface area contributed by atoms with E-state index in [2.05, 4.69) is 85.7 Å². The third kappa shape index (κ3) is 4.44.